The average Bonchev–Trinajstić information content (AvgIpc) is 3.76. The maximum atomic E-state index is 13.8. The third-order valence-corrected chi connectivity index (χ3v) is 10.2. The summed E-state index contributed by atoms with van der Waals surface area (Å²) < 4.78 is 18.4. The van der Waals surface area contributed by atoms with Gasteiger partial charge in [0.05, 0.1) is 24.8 Å². The molecular formula is C35H34ClN3O6S2. The molecule has 0 saturated carbocycles. The van der Waals surface area contributed by atoms with Gasteiger partial charge in [-0.25, -0.2) is 0 Å². The van der Waals surface area contributed by atoms with Gasteiger partial charge in [0.15, 0.2) is 15.8 Å². The van der Waals surface area contributed by atoms with Crippen molar-refractivity contribution >= 4 is 57.3 Å². The van der Waals surface area contributed by atoms with Gasteiger partial charge in [0.25, 0.3) is 5.78 Å². The van der Waals surface area contributed by atoms with Gasteiger partial charge >= 0.3 is 5.91 Å². The van der Waals surface area contributed by atoms with Crippen molar-refractivity contribution in [2.75, 3.05) is 18.1 Å². The molecule has 47 heavy (non-hydrogen) atoms. The zero-order valence-corrected chi connectivity index (χ0v) is 28.6. The molecule has 9 nitrogen and oxygen atoms in total. The normalized spacial score (nSPS) is 18.3. The number of ketones is 1. The number of rotatable bonds is 12. The number of anilines is 1. The molecule has 1 fully saturated rings. The van der Waals surface area contributed by atoms with Crippen molar-refractivity contribution in [2.45, 2.75) is 62.3 Å². The molecule has 0 radical (unpaired) electrons. The van der Waals surface area contributed by atoms with Crippen LogP contribution in [-0.4, -0.2) is 46.3 Å². The lowest BCUT2D eigenvalue weighted by Gasteiger charge is -2.23. The van der Waals surface area contributed by atoms with Crippen LogP contribution in [0.25, 0.3) is 5.76 Å². The molecule has 3 aromatic carbocycles. The summed E-state index contributed by atoms with van der Waals surface area (Å²) >= 11 is 8.70. The summed E-state index contributed by atoms with van der Waals surface area (Å²) in [6, 6.07) is 17.1. The maximum Gasteiger partial charge on any atom is 0.301 e. The Morgan fingerprint density at radius 2 is 1.87 bits per heavy atom. The highest BCUT2D eigenvalue weighted by molar-refractivity contribution is 8.00. The van der Waals surface area contributed by atoms with E-state index in [1.165, 1.54) is 28.0 Å². The van der Waals surface area contributed by atoms with Crippen LogP contribution >= 0.6 is 34.7 Å². The second-order valence-corrected chi connectivity index (χ2v) is 13.8. The van der Waals surface area contributed by atoms with E-state index in [0.717, 1.165) is 29.7 Å². The molecule has 244 valence electrons. The number of carbonyl (C=O) groups excluding carboxylic acids is 2. The van der Waals surface area contributed by atoms with E-state index in [0.29, 0.717) is 57.4 Å². The van der Waals surface area contributed by atoms with Gasteiger partial charge in [0.2, 0.25) is 5.13 Å². The van der Waals surface area contributed by atoms with E-state index in [-0.39, 0.29) is 22.6 Å². The lowest BCUT2D eigenvalue weighted by Crippen LogP contribution is -2.29. The fraction of sp³-hybridized carbons (Fsp3) is 0.314. The third kappa shape index (κ3) is 6.97. The van der Waals surface area contributed by atoms with Crippen molar-refractivity contribution in [3.8, 4) is 17.2 Å². The Hall–Kier alpha value is -4.06. The van der Waals surface area contributed by atoms with Gasteiger partial charge in [-0.1, -0.05) is 66.2 Å². The number of unbranched alkanes of at least 4 members (excludes halogenated alkanes) is 1. The van der Waals surface area contributed by atoms with Crippen molar-refractivity contribution < 1.29 is 28.9 Å². The number of aliphatic hydroxyl groups is 1. The van der Waals surface area contributed by atoms with Gasteiger partial charge in [-0.05, 0) is 79.4 Å². The second-order valence-electron chi connectivity index (χ2n) is 11.2. The Labute approximate surface area is 286 Å². The SMILES string of the molecule is CCCCOc1ccc([C@@H]2/C(=C(\O)c3ccc4c(c3)C[C@@H](C)O4)C(=O)C(=O)N2c2nnc(SCc3ccc(Cl)cc3)s2)cc1OCC. The summed E-state index contributed by atoms with van der Waals surface area (Å²) in [4.78, 5) is 29.0. The van der Waals surface area contributed by atoms with Crippen LogP contribution in [-0.2, 0) is 21.8 Å². The number of nitrogens with zero attached hydrogens (tertiary/aromatic N) is 3. The van der Waals surface area contributed by atoms with Gasteiger partial charge in [-0.3, -0.25) is 14.5 Å². The number of ether oxygens (including phenoxy) is 3. The van der Waals surface area contributed by atoms with Crippen LogP contribution in [0, 0.1) is 0 Å². The highest BCUT2D eigenvalue weighted by atomic mass is 35.5. The standard InChI is InChI=1S/C35H34ClN3O6S2/c1-4-6-15-44-27-14-9-22(18-28(27)43-5-2)30-29(31(40)23-10-13-26-24(17-23)16-20(3)45-26)32(41)33(42)39(30)34-37-38-35(47-34)46-19-21-7-11-25(36)12-8-21/h7-14,17-18,20,30,40H,4-6,15-16,19H2,1-3H3/b31-29+/t20-,30-/m1/s1. The molecule has 0 unspecified atom stereocenters. The zero-order chi connectivity index (χ0) is 33.1. The number of aliphatic hydroxyl groups excluding tert-OH is 1. The van der Waals surface area contributed by atoms with Gasteiger partial charge in [0, 0.05) is 22.8 Å². The molecule has 6 rings (SSSR count). The minimum absolute atomic E-state index is 0.00665. The molecule has 0 spiro atoms. The smallest absolute Gasteiger partial charge is 0.301 e. The number of halogens is 1. The summed E-state index contributed by atoms with van der Waals surface area (Å²) in [5, 5.41) is 21.3. The van der Waals surface area contributed by atoms with Crippen molar-refractivity contribution in [3.05, 3.63) is 93.5 Å². The molecule has 0 bridgehead atoms. The largest absolute Gasteiger partial charge is 0.507 e. The van der Waals surface area contributed by atoms with Crippen molar-refractivity contribution in [2.24, 2.45) is 0 Å². The number of fused-ring (bicyclic) bond motifs is 1. The number of thioether (sulfide) groups is 1. The summed E-state index contributed by atoms with van der Waals surface area (Å²) in [7, 11) is 0. The van der Waals surface area contributed by atoms with Crippen LogP contribution < -0.4 is 19.1 Å². The number of hydrogen-bond donors (Lipinski definition) is 1. The van der Waals surface area contributed by atoms with Crippen molar-refractivity contribution in [1.29, 1.82) is 0 Å². The van der Waals surface area contributed by atoms with E-state index < -0.39 is 17.7 Å². The van der Waals surface area contributed by atoms with E-state index >= 15 is 0 Å². The Kier molecular flexibility index (Phi) is 10.0. The highest BCUT2D eigenvalue weighted by Crippen LogP contribution is 2.46. The molecule has 0 aliphatic carbocycles. The number of benzene rings is 3. The summed E-state index contributed by atoms with van der Waals surface area (Å²) in [6.07, 6.45) is 2.54. The minimum Gasteiger partial charge on any atom is -0.507 e. The lowest BCUT2D eigenvalue weighted by molar-refractivity contribution is -0.132. The molecule has 1 amide bonds. The van der Waals surface area contributed by atoms with Gasteiger partial charge in [0.1, 0.15) is 17.6 Å². The zero-order valence-electron chi connectivity index (χ0n) is 26.2. The van der Waals surface area contributed by atoms with E-state index in [1.54, 1.807) is 30.3 Å². The van der Waals surface area contributed by atoms with Gasteiger partial charge < -0.3 is 19.3 Å². The molecular weight excluding hydrogens is 658 g/mol. The number of aromatic nitrogens is 2. The maximum absolute atomic E-state index is 13.8. The topological polar surface area (TPSA) is 111 Å². The Balaban J connectivity index is 1.41. The molecule has 2 aliphatic rings. The Morgan fingerprint density at radius 3 is 2.64 bits per heavy atom. The second kappa shape index (κ2) is 14.4. The first kappa shape index (κ1) is 32.9. The lowest BCUT2D eigenvalue weighted by atomic mass is 9.94. The molecule has 1 aromatic heterocycles. The molecule has 2 atom stereocenters. The van der Waals surface area contributed by atoms with E-state index in [9.17, 15) is 14.7 Å². The number of carbonyl (C=O) groups is 2. The van der Waals surface area contributed by atoms with E-state index in [4.69, 9.17) is 25.8 Å². The highest BCUT2D eigenvalue weighted by Gasteiger charge is 2.48. The first-order valence-corrected chi connectivity index (χ1v) is 17.7. The van der Waals surface area contributed by atoms with Crippen LogP contribution in [0.5, 0.6) is 17.2 Å². The van der Waals surface area contributed by atoms with Crippen molar-refractivity contribution in [3.63, 3.8) is 0 Å². The fourth-order valence-corrected chi connectivity index (χ4v) is 7.51. The summed E-state index contributed by atoms with van der Waals surface area (Å²) in [5.41, 5.74) is 2.90. The number of hydrogen-bond acceptors (Lipinski definition) is 10. The quantitative estimate of drug-likeness (QED) is 0.0394. The number of Topliss-reactive ketones (excluding diaryl/α,β-unsaturated/α-hetero) is 1. The number of amides is 1. The molecule has 12 heteroatoms. The molecule has 2 aliphatic heterocycles. The van der Waals surface area contributed by atoms with Crippen LogP contribution in [0.1, 0.15) is 61.9 Å². The average molecular weight is 692 g/mol. The molecule has 4 aromatic rings. The fourth-order valence-electron chi connectivity index (χ4n) is 5.56. The molecule has 3 heterocycles. The van der Waals surface area contributed by atoms with Gasteiger partial charge in [-0.15, -0.1) is 10.2 Å². The van der Waals surface area contributed by atoms with E-state index in [1.807, 2.05) is 44.2 Å². The first-order chi connectivity index (χ1) is 22.8. The third-order valence-electron chi connectivity index (χ3n) is 7.83. The van der Waals surface area contributed by atoms with E-state index in [2.05, 4.69) is 17.1 Å². The van der Waals surface area contributed by atoms with Crippen LogP contribution in [0.2, 0.25) is 5.02 Å². The van der Waals surface area contributed by atoms with Crippen LogP contribution in [0.3, 0.4) is 0 Å². The Bertz CT molecular complexity index is 1830. The molecule has 1 saturated heterocycles. The minimum atomic E-state index is -0.996. The van der Waals surface area contributed by atoms with Crippen LogP contribution in [0.15, 0.2) is 70.6 Å². The predicted octanol–water partition coefficient (Wildman–Crippen LogP) is 8.01. The first-order valence-electron chi connectivity index (χ1n) is 15.5. The monoisotopic (exact) mass is 691 g/mol. The predicted molar refractivity (Wildman–Crippen MR) is 184 cm³/mol. The molecule has 1 N–H and O–H groups in total. The van der Waals surface area contributed by atoms with Crippen LogP contribution in [0.4, 0.5) is 5.13 Å². The van der Waals surface area contributed by atoms with Crippen molar-refractivity contribution in [1.82, 2.24) is 10.2 Å². The Morgan fingerprint density at radius 1 is 1.06 bits per heavy atom. The van der Waals surface area contributed by atoms with Gasteiger partial charge in [-0.2, -0.15) is 0 Å². The summed E-state index contributed by atoms with van der Waals surface area (Å²) in [6.45, 7) is 6.84. The summed E-state index contributed by atoms with van der Waals surface area (Å²) in [5.74, 6) is 0.499.